The molecule has 0 N–H and O–H groups in total. The van der Waals surface area contributed by atoms with Gasteiger partial charge in [-0.3, -0.25) is 0 Å². The summed E-state index contributed by atoms with van der Waals surface area (Å²) in [6, 6.07) is 81.6. The molecule has 0 saturated heterocycles. The van der Waals surface area contributed by atoms with Gasteiger partial charge in [-0.05, 0) is 113 Å². The summed E-state index contributed by atoms with van der Waals surface area (Å²) in [6.45, 7) is 0. The number of anilines is 3. The molecular formula is C60H43N3. The average Bonchev–Trinajstić information content (AvgIpc) is 3.88. The Bertz CT molecular complexity index is 3410. The highest BCUT2D eigenvalue weighted by Crippen LogP contribution is 2.42. The molecule has 0 atom stereocenters. The summed E-state index contributed by atoms with van der Waals surface area (Å²) < 4.78 is 4.82. The van der Waals surface area contributed by atoms with Crippen LogP contribution in [0, 0.1) is 0 Å². The Morgan fingerprint density at radius 2 is 0.794 bits per heavy atom. The fourth-order valence-corrected chi connectivity index (χ4v) is 9.84. The Hall–Kier alpha value is -8.14. The lowest BCUT2D eigenvalue weighted by Crippen LogP contribution is -2.11. The quantitative estimate of drug-likeness (QED) is 0.149. The average molecular weight is 806 g/mol. The molecule has 0 spiro atoms. The number of benzene rings is 9. The highest BCUT2D eigenvalue weighted by molar-refractivity contribution is 6.09. The third kappa shape index (κ3) is 6.36. The summed E-state index contributed by atoms with van der Waals surface area (Å²) in [7, 11) is 0. The lowest BCUT2D eigenvalue weighted by Gasteiger charge is -2.28. The first-order valence-electron chi connectivity index (χ1n) is 21.9. The van der Waals surface area contributed by atoms with E-state index in [4.69, 9.17) is 0 Å². The molecule has 1 aliphatic carbocycles. The predicted octanol–water partition coefficient (Wildman–Crippen LogP) is 16.2. The van der Waals surface area contributed by atoms with Crippen molar-refractivity contribution in [3.8, 4) is 44.8 Å². The molecule has 298 valence electrons. The summed E-state index contributed by atoms with van der Waals surface area (Å²) in [4.78, 5) is 2.39. The van der Waals surface area contributed by atoms with Crippen LogP contribution in [0.25, 0.3) is 83.5 Å². The van der Waals surface area contributed by atoms with Crippen LogP contribution in [0.2, 0.25) is 0 Å². The van der Waals surface area contributed by atoms with Crippen molar-refractivity contribution in [3.63, 3.8) is 0 Å². The molecule has 11 aromatic rings. The van der Waals surface area contributed by atoms with Gasteiger partial charge in [-0.2, -0.15) is 0 Å². The van der Waals surface area contributed by atoms with Gasteiger partial charge in [-0.15, -0.1) is 0 Å². The smallest absolute Gasteiger partial charge is 0.0541 e. The minimum atomic E-state index is 1.05. The molecule has 2 aromatic heterocycles. The van der Waals surface area contributed by atoms with Gasteiger partial charge in [0.1, 0.15) is 0 Å². The van der Waals surface area contributed by atoms with Gasteiger partial charge in [0, 0.05) is 55.7 Å². The molecule has 0 amide bonds. The molecular weight excluding hydrogens is 763 g/mol. The molecule has 63 heavy (non-hydrogen) atoms. The molecule has 0 bridgehead atoms. The highest BCUT2D eigenvalue weighted by Gasteiger charge is 2.20. The van der Waals surface area contributed by atoms with Crippen molar-refractivity contribution in [2.24, 2.45) is 0 Å². The maximum absolute atomic E-state index is 2.45. The maximum atomic E-state index is 2.45. The third-order valence-corrected chi connectivity index (χ3v) is 12.8. The fourth-order valence-electron chi connectivity index (χ4n) is 9.84. The topological polar surface area (TPSA) is 13.1 Å². The monoisotopic (exact) mass is 805 g/mol. The molecule has 0 unspecified atom stereocenters. The van der Waals surface area contributed by atoms with Crippen molar-refractivity contribution in [3.05, 3.63) is 242 Å². The van der Waals surface area contributed by atoms with Crippen LogP contribution in [-0.4, -0.2) is 9.13 Å². The van der Waals surface area contributed by atoms with Crippen LogP contribution in [0.1, 0.15) is 17.7 Å². The summed E-state index contributed by atoms with van der Waals surface area (Å²) in [5, 5.41) is 3.86. The summed E-state index contributed by atoms with van der Waals surface area (Å²) in [5.41, 5.74) is 19.2. The molecule has 2 heterocycles. The largest absolute Gasteiger partial charge is 0.313 e. The predicted molar refractivity (Wildman–Crippen MR) is 266 cm³/mol. The van der Waals surface area contributed by atoms with Gasteiger partial charge in [0.25, 0.3) is 0 Å². The standard InChI is InChI=1S/C60H43N3/c1-2-14-46(15-3-1)51-16-4-9-21-56(51)61(47-34-26-42(27-35-47)44-30-38-49(39-31-44)62-57-22-10-5-17-52(57)53-18-6-11-23-58(53)62)48-36-28-43(29-37-48)45-32-40-50(41-33-45)63-59-24-12-7-19-54(59)55-20-8-13-25-60(55)63/h1-12,14-24,26-41H,13,25H2. The molecule has 0 saturated carbocycles. The number of allylic oxidation sites excluding steroid dienone is 1. The van der Waals surface area contributed by atoms with Crippen LogP contribution >= 0.6 is 0 Å². The van der Waals surface area contributed by atoms with Crippen molar-refractivity contribution < 1.29 is 0 Å². The van der Waals surface area contributed by atoms with Crippen LogP contribution in [0.15, 0.2) is 231 Å². The lowest BCUT2D eigenvalue weighted by atomic mass is 10.00. The number of rotatable bonds is 8. The molecule has 3 nitrogen and oxygen atoms in total. The fraction of sp³-hybridized carbons (Fsp3) is 0.0333. The van der Waals surface area contributed by atoms with Crippen molar-refractivity contribution in [2.45, 2.75) is 12.8 Å². The first-order valence-corrected chi connectivity index (χ1v) is 21.9. The second-order valence-corrected chi connectivity index (χ2v) is 16.4. The Morgan fingerprint density at radius 1 is 0.349 bits per heavy atom. The van der Waals surface area contributed by atoms with E-state index in [1.807, 2.05) is 0 Å². The molecule has 3 heteroatoms. The van der Waals surface area contributed by atoms with E-state index in [1.54, 1.807) is 0 Å². The zero-order valence-electron chi connectivity index (χ0n) is 34.8. The molecule has 9 aromatic carbocycles. The third-order valence-electron chi connectivity index (χ3n) is 12.8. The summed E-state index contributed by atoms with van der Waals surface area (Å²) in [6.07, 6.45) is 6.73. The Balaban J connectivity index is 0.882. The van der Waals surface area contributed by atoms with Gasteiger partial charge in [-0.1, -0.05) is 164 Å². The first kappa shape index (κ1) is 36.7. The zero-order valence-corrected chi connectivity index (χ0v) is 34.8. The number of hydrogen-bond donors (Lipinski definition) is 0. The van der Waals surface area contributed by atoms with E-state index in [-0.39, 0.29) is 0 Å². The molecule has 0 fully saturated rings. The van der Waals surface area contributed by atoms with E-state index in [1.165, 1.54) is 83.0 Å². The molecule has 0 radical (unpaired) electrons. The van der Waals surface area contributed by atoms with E-state index in [9.17, 15) is 0 Å². The highest BCUT2D eigenvalue weighted by atomic mass is 15.1. The second-order valence-electron chi connectivity index (χ2n) is 16.4. The second kappa shape index (κ2) is 15.4. The van der Waals surface area contributed by atoms with Crippen molar-refractivity contribution in [1.82, 2.24) is 9.13 Å². The minimum Gasteiger partial charge on any atom is -0.313 e. The lowest BCUT2D eigenvalue weighted by molar-refractivity contribution is 0.888. The van der Waals surface area contributed by atoms with E-state index < -0.39 is 0 Å². The summed E-state index contributed by atoms with van der Waals surface area (Å²) in [5.74, 6) is 0. The van der Waals surface area contributed by atoms with Gasteiger partial charge in [0.05, 0.1) is 22.2 Å². The summed E-state index contributed by atoms with van der Waals surface area (Å²) >= 11 is 0. The zero-order chi connectivity index (χ0) is 41.7. The normalized spacial score (nSPS) is 12.3. The minimum absolute atomic E-state index is 1.05. The van der Waals surface area contributed by atoms with Gasteiger partial charge >= 0.3 is 0 Å². The van der Waals surface area contributed by atoms with Crippen molar-refractivity contribution >= 4 is 55.8 Å². The number of para-hydroxylation sites is 4. The van der Waals surface area contributed by atoms with E-state index in [2.05, 4.69) is 251 Å². The number of fused-ring (bicyclic) bond motifs is 6. The van der Waals surface area contributed by atoms with Crippen LogP contribution in [-0.2, 0) is 6.42 Å². The van der Waals surface area contributed by atoms with E-state index in [0.29, 0.717) is 0 Å². The van der Waals surface area contributed by atoms with Gasteiger partial charge in [0.15, 0.2) is 0 Å². The molecule has 0 aliphatic heterocycles. The van der Waals surface area contributed by atoms with Crippen molar-refractivity contribution in [1.29, 1.82) is 0 Å². The Morgan fingerprint density at radius 3 is 1.37 bits per heavy atom. The molecule has 12 rings (SSSR count). The Labute approximate surface area is 367 Å². The van der Waals surface area contributed by atoms with Crippen molar-refractivity contribution in [2.75, 3.05) is 4.90 Å². The molecule has 1 aliphatic rings. The first-order chi connectivity index (χ1) is 31.3. The maximum Gasteiger partial charge on any atom is 0.0541 e. The van der Waals surface area contributed by atoms with Crippen LogP contribution < -0.4 is 4.90 Å². The van der Waals surface area contributed by atoms with Gasteiger partial charge in [0.2, 0.25) is 0 Å². The van der Waals surface area contributed by atoms with Crippen LogP contribution in [0.5, 0.6) is 0 Å². The Kier molecular flexibility index (Phi) is 8.97. The van der Waals surface area contributed by atoms with Gasteiger partial charge in [-0.25, -0.2) is 0 Å². The SMILES string of the molecule is C1=Cc2c(n(-c3ccc(-c4ccc(N(c5ccc(-c6ccc(-n7c8ccccc8c8ccccc87)cc6)cc5)c5ccccc5-c5ccccc5)cc4)cc3)c3ccccc23)CC1. The van der Waals surface area contributed by atoms with Crippen LogP contribution in [0.3, 0.4) is 0 Å². The number of hydrogen-bond acceptors (Lipinski definition) is 1. The van der Waals surface area contributed by atoms with Gasteiger partial charge < -0.3 is 14.0 Å². The van der Waals surface area contributed by atoms with Crippen LogP contribution in [0.4, 0.5) is 17.1 Å². The number of nitrogens with zero attached hydrogens (tertiary/aromatic N) is 3. The van der Waals surface area contributed by atoms with E-state index in [0.717, 1.165) is 35.6 Å². The van der Waals surface area contributed by atoms with E-state index >= 15 is 0 Å². The number of aromatic nitrogens is 2.